The SMILES string of the molecule is N#Cc1c(-c2ccoc2)ccc(N)c1S(N)(=O)=O. The van der Waals surface area contributed by atoms with Crippen molar-refractivity contribution in [1.29, 1.82) is 5.26 Å². The van der Waals surface area contributed by atoms with Crippen molar-refractivity contribution in [1.82, 2.24) is 0 Å². The summed E-state index contributed by atoms with van der Waals surface area (Å²) >= 11 is 0. The van der Waals surface area contributed by atoms with Crippen LogP contribution in [0.1, 0.15) is 5.56 Å². The van der Waals surface area contributed by atoms with Crippen molar-refractivity contribution in [3.05, 3.63) is 36.3 Å². The van der Waals surface area contributed by atoms with Gasteiger partial charge in [-0.3, -0.25) is 0 Å². The van der Waals surface area contributed by atoms with Crippen molar-refractivity contribution < 1.29 is 12.8 Å². The Hall–Kier alpha value is -2.30. The first kappa shape index (κ1) is 12.2. The van der Waals surface area contributed by atoms with Crippen LogP contribution in [0.15, 0.2) is 40.0 Å². The molecule has 18 heavy (non-hydrogen) atoms. The molecule has 0 aliphatic rings. The Morgan fingerprint density at radius 3 is 2.50 bits per heavy atom. The smallest absolute Gasteiger partial charge is 0.241 e. The number of nitrogen functional groups attached to an aromatic ring is 1. The molecule has 2 aromatic rings. The summed E-state index contributed by atoms with van der Waals surface area (Å²) in [5, 5.41) is 14.2. The summed E-state index contributed by atoms with van der Waals surface area (Å²) in [5.74, 6) is 0. The summed E-state index contributed by atoms with van der Waals surface area (Å²) in [6.07, 6.45) is 2.82. The van der Waals surface area contributed by atoms with E-state index in [9.17, 15) is 8.42 Å². The van der Waals surface area contributed by atoms with Crippen LogP contribution >= 0.6 is 0 Å². The van der Waals surface area contributed by atoms with Gasteiger partial charge in [0.05, 0.1) is 23.8 Å². The molecule has 0 spiro atoms. The molecule has 2 rings (SSSR count). The highest BCUT2D eigenvalue weighted by molar-refractivity contribution is 7.89. The summed E-state index contributed by atoms with van der Waals surface area (Å²) in [7, 11) is -4.07. The van der Waals surface area contributed by atoms with Crippen LogP contribution in [0.2, 0.25) is 0 Å². The number of nitrogens with two attached hydrogens (primary N) is 2. The second-order valence-corrected chi connectivity index (χ2v) is 5.07. The molecule has 4 N–H and O–H groups in total. The molecule has 92 valence electrons. The third-order valence-corrected chi connectivity index (χ3v) is 3.43. The van der Waals surface area contributed by atoms with Crippen molar-refractivity contribution in [3.8, 4) is 17.2 Å². The Labute approximate surface area is 103 Å². The minimum atomic E-state index is -4.07. The van der Waals surface area contributed by atoms with Gasteiger partial charge >= 0.3 is 0 Å². The molecule has 0 saturated heterocycles. The van der Waals surface area contributed by atoms with Crippen LogP contribution in [-0.4, -0.2) is 8.42 Å². The number of sulfonamides is 1. The molecule has 0 unspecified atom stereocenters. The molecule has 1 heterocycles. The van der Waals surface area contributed by atoms with Crippen LogP contribution in [-0.2, 0) is 10.0 Å². The monoisotopic (exact) mass is 263 g/mol. The average molecular weight is 263 g/mol. The first-order valence-corrected chi connectivity index (χ1v) is 6.37. The summed E-state index contributed by atoms with van der Waals surface area (Å²) in [6, 6.07) is 6.37. The van der Waals surface area contributed by atoms with Crippen molar-refractivity contribution in [3.63, 3.8) is 0 Å². The van der Waals surface area contributed by atoms with E-state index in [0.717, 1.165) is 0 Å². The quantitative estimate of drug-likeness (QED) is 0.784. The van der Waals surface area contributed by atoms with E-state index < -0.39 is 10.0 Å². The lowest BCUT2D eigenvalue weighted by atomic mass is 10.0. The van der Waals surface area contributed by atoms with Crippen molar-refractivity contribution in [2.24, 2.45) is 5.14 Å². The molecule has 1 aromatic carbocycles. The molecule has 0 amide bonds. The molecule has 0 aliphatic heterocycles. The summed E-state index contributed by atoms with van der Waals surface area (Å²) in [5.41, 5.74) is 6.42. The van der Waals surface area contributed by atoms with Gasteiger partial charge in [0, 0.05) is 11.1 Å². The number of benzene rings is 1. The van der Waals surface area contributed by atoms with E-state index in [4.69, 9.17) is 20.6 Å². The van der Waals surface area contributed by atoms with E-state index in [2.05, 4.69) is 0 Å². The standard InChI is InChI=1S/C11H9N3O3S/c12-5-9-8(7-3-4-17-6-7)1-2-10(13)11(9)18(14,15)16/h1-4,6H,13H2,(H2,14,15,16). The van der Waals surface area contributed by atoms with E-state index in [1.807, 2.05) is 6.07 Å². The minimum Gasteiger partial charge on any atom is -0.472 e. The summed E-state index contributed by atoms with van der Waals surface area (Å²) in [6.45, 7) is 0. The van der Waals surface area contributed by atoms with E-state index in [-0.39, 0.29) is 16.1 Å². The molecular formula is C11H9N3O3S. The van der Waals surface area contributed by atoms with Gasteiger partial charge in [0.2, 0.25) is 10.0 Å². The molecular weight excluding hydrogens is 254 g/mol. The van der Waals surface area contributed by atoms with Gasteiger partial charge in [0.1, 0.15) is 11.0 Å². The number of rotatable bonds is 2. The van der Waals surface area contributed by atoms with Crippen molar-refractivity contribution in [2.45, 2.75) is 4.90 Å². The molecule has 1 aromatic heterocycles. The topological polar surface area (TPSA) is 123 Å². The Bertz CT molecular complexity index is 728. The highest BCUT2D eigenvalue weighted by Crippen LogP contribution is 2.31. The third-order valence-electron chi connectivity index (χ3n) is 2.42. The normalized spacial score (nSPS) is 11.1. The second kappa shape index (κ2) is 4.18. The van der Waals surface area contributed by atoms with Gasteiger partial charge in [-0.05, 0) is 12.1 Å². The Morgan fingerprint density at radius 1 is 1.28 bits per heavy atom. The van der Waals surface area contributed by atoms with Gasteiger partial charge < -0.3 is 10.2 Å². The van der Waals surface area contributed by atoms with Crippen molar-refractivity contribution in [2.75, 3.05) is 5.73 Å². The number of furan rings is 1. The number of anilines is 1. The molecule has 6 nitrogen and oxygen atoms in total. The molecule has 0 aliphatic carbocycles. The van der Waals surface area contributed by atoms with Gasteiger partial charge in [-0.1, -0.05) is 6.07 Å². The number of primary sulfonamides is 1. The minimum absolute atomic E-state index is 0.0544. The Balaban J connectivity index is 2.85. The van der Waals surface area contributed by atoms with Crippen molar-refractivity contribution >= 4 is 15.7 Å². The predicted molar refractivity (Wildman–Crippen MR) is 64.6 cm³/mol. The maximum atomic E-state index is 11.5. The molecule has 0 radical (unpaired) electrons. The van der Waals surface area contributed by atoms with Crippen LogP contribution in [0.25, 0.3) is 11.1 Å². The maximum Gasteiger partial charge on any atom is 0.241 e. The highest BCUT2D eigenvalue weighted by Gasteiger charge is 2.21. The van der Waals surface area contributed by atoms with Crippen LogP contribution in [0.4, 0.5) is 5.69 Å². The van der Waals surface area contributed by atoms with E-state index in [0.29, 0.717) is 11.1 Å². The molecule has 0 fully saturated rings. The summed E-state index contributed by atoms with van der Waals surface area (Å²) < 4.78 is 27.9. The van der Waals surface area contributed by atoms with E-state index in [1.165, 1.54) is 18.6 Å². The van der Waals surface area contributed by atoms with Crippen LogP contribution in [0.5, 0.6) is 0 Å². The molecule has 0 saturated carbocycles. The van der Waals surface area contributed by atoms with Crippen LogP contribution in [0.3, 0.4) is 0 Å². The largest absolute Gasteiger partial charge is 0.472 e. The fourth-order valence-corrected chi connectivity index (χ4v) is 2.51. The number of hydrogen-bond donors (Lipinski definition) is 2. The molecule has 0 bridgehead atoms. The van der Waals surface area contributed by atoms with E-state index in [1.54, 1.807) is 12.1 Å². The lowest BCUT2D eigenvalue weighted by Crippen LogP contribution is -2.16. The number of nitrogens with zero attached hydrogens (tertiary/aromatic N) is 1. The first-order chi connectivity index (χ1) is 8.45. The van der Waals surface area contributed by atoms with E-state index >= 15 is 0 Å². The zero-order valence-electron chi connectivity index (χ0n) is 9.12. The zero-order valence-corrected chi connectivity index (χ0v) is 9.94. The average Bonchev–Trinajstić information content (AvgIpc) is 2.80. The fourth-order valence-electron chi connectivity index (χ4n) is 1.67. The predicted octanol–water partition coefficient (Wildman–Crippen LogP) is 1.05. The van der Waals surface area contributed by atoms with Gasteiger partial charge in [0.15, 0.2) is 0 Å². The Kier molecular flexibility index (Phi) is 2.82. The maximum absolute atomic E-state index is 11.5. The fraction of sp³-hybridized carbons (Fsp3) is 0. The van der Waals surface area contributed by atoms with Crippen LogP contribution in [0, 0.1) is 11.3 Å². The number of hydrogen-bond acceptors (Lipinski definition) is 5. The summed E-state index contributed by atoms with van der Waals surface area (Å²) in [4.78, 5) is -0.358. The molecule has 0 atom stereocenters. The zero-order chi connectivity index (χ0) is 13.3. The third kappa shape index (κ3) is 1.95. The van der Waals surface area contributed by atoms with Gasteiger partial charge in [-0.2, -0.15) is 5.26 Å². The highest BCUT2D eigenvalue weighted by atomic mass is 32.2. The molecule has 7 heteroatoms. The first-order valence-electron chi connectivity index (χ1n) is 4.83. The Morgan fingerprint density at radius 2 is 2.00 bits per heavy atom. The number of nitriles is 1. The van der Waals surface area contributed by atoms with Gasteiger partial charge in [-0.25, -0.2) is 13.6 Å². The van der Waals surface area contributed by atoms with Gasteiger partial charge in [-0.15, -0.1) is 0 Å². The second-order valence-electron chi connectivity index (χ2n) is 3.58. The van der Waals surface area contributed by atoms with Gasteiger partial charge in [0.25, 0.3) is 0 Å². The van der Waals surface area contributed by atoms with Crippen LogP contribution < -0.4 is 10.9 Å². The lowest BCUT2D eigenvalue weighted by Gasteiger charge is -2.09. The lowest BCUT2D eigenvalue weighted by molar-refractivity contribution is 0.568.